The second-order valence-electron chi connectivity index (χ2n) is 6.74. The van der Waals surface area contributed by atoms with Crippen LogP contribution in [0.25, 0.3) is 11.4 Å². The normalized spacial score (nSPS) is 22.5. The Hall–Kier alpha value is -2.75. The fourth-order valence-corrected chi connectivity index (χ4v) is 3.51. The molecule has 2 aliphatic rings. The number of fused-ring (bicyclic) bond motifs is 1. The van der Waals surface area contributed by atoms with Gasteiger partial charge in [-0.25, -0.2) is 23.7 Å². The minimum atomic E-state index is -2.70. The van der Waals surface area contributed by atoms with Gasteiger partial charge in [-0.3, -0.25) is 9.78 Å². The number of carbonyl (C=O) groups is 1. The first kappa shape index (κ1) is 17.7. The van der Waals surface area contributed by atoms with Crippen molar-refractivity contribution in [1.82, 2.24) is 25.3 Å². The SMILES string of the molecule is C[C@H]1CN(c2cncc(-c3ncnc4c3[C@H](C(F)F)CC(=O)N4)n2)CCN1. The number of carbonyl (C=O) groups excluding carboxylic acids is 1. The Balaban J connectivity index is 1.75. The standard InChI is InChI=1S/C17H19F2N7O/c1-9-7-26(3-2-21-9)12-6-20-5-11(24-12)15-14-10(16(18)19)4-13(27)25-17(14)23-8-22-15/h5-6,8-10,16,21H,2-4,7H2,1H3,(H,22,23,25,27)/t9-,10+/m0/s1. The molecule has 0 bridgehead atoms. The maximum absolute atomic E-state index is 13.6. The molecular weight excluding hydrogens is 356 g/mol. The molecule has 1 amide bonds. The third-order valence-corrected chi connectivity index (χ3v) is 4.78. The summed E-state index contributed by atoms with van der Waals surface area (Å²) in [5, 5.41) is 5.91. The molecule has 2 aromatic rings. The number of piperazine rings is 1. The van der Waals surface area contributed by atoms with Gasteiger partial charge in [-0.2, -0.15) is 0 Å². The monoisotopic (exact) mass is 375 g/mol. The van der Waals surface area contributed by atoms with Crippen LogP contribution in [0.5, 0.6) is 0 Å². The molecule has 2 aromatic heterocycles. The van der Waals surface area contributed by atoms with Crippen molar-refractivity contribution in [3.05, 3.63) is 24.3 Å². The lowest BCUT2D eigenvalue weighted by atomic mass is 9.90. The van der Waals surface area contributed by atoms with Gasteiger partial charge >= 0.3 is 0 Å². The molecule has 142 valence electrons. The molecule has 10 heteroatoms. The molecule has 4 heterocycles. The van der Waals surface area contributed by atoms with Gasteiger partial charge in [-0.1, -0.05) is 0 Å². The lowest BCUT2D eigenvalue weighted by Crippen LogP contribution is -2.49. The molecule has 2 aliphatic heterocycles. The summed E-state index contributed by atoms with van der Waals surface area (Å²) >= 11 is 0. The van der Waals surface area contributed by atoms with Crippen molar-refractivity contribution in [2.75, 3.05) is 29.9 Å². The Morgan fingerprint density at radius 1 is 1.30 bits per heavy atom. The second-order valence-corrected chi connectivity index (χ2v) is 6.74. The summed E-state index contributed by atoms with van der Waals surface area (Å²) in [6.45, 7) is 4.46. The van der Waals surface area contributed by atoms with Gasteiger partial charge < -0.3 is 15.5 Å². The molecule has 1 fully saturated rings. The van der Waals surface area contributed by atoms with Gasteiger partial charge in [0.1, 0.15) is 23.7 Å². The summed E-state index contributed by atoms with van der Waals surface area (Å²) in [5.74, 6) is -0.965. The maximum atomic E-state index is 13.6. The fraction of sp³-hybridized carbons (Fsp3) is 0.471. The summed E-state index contributed by atoms with van der Waals surface area (Å²) in [5.41, 5.74) is 0.884. The molecule has 0 saturated carbocycles. The van der Waals surface area contributed by atoms with Gasteiger partial charge in [0.2, 0.25) is 12.3 Å². The van der Waals surface area contributed by atoms with Crippen molar-refractivity contribution in [2.24, 2.45) is 0 Å². The highest BCUT2D eigenvalue weighted by Crippen LogP contribution is 2.39. The molecule has 0 aliphatic carbocycles. The first-order chi connectivity index (χ1) is 13.0. The van der Waals surface area contributed by atoms with Crippen LogP contribution in [0.1, 0.15) is 24.8 Å². The molecule has 2 atom stereocenters. The molecule has 8 nitrogen and oxygen atoms in total. The van der Waals surface area contributed by atoms with Crippen LogP contribution in [0.15, 0.2) is 18.7 Å². The van der Waals surface area contributed by atoms with Gasteiger partial charge in [-0.05, 0) is 6.92 Å². The van der Waals surface area contributed by atoms with Gasteiger partial charge in [0, 0.05) is 37.7 Å². The number of rotatable bonds is 3. The Bertz CT molecular complexity index is 863. The van der Waals surface area contributed by atoms with Crippen molar-refractivity contribution in [3.8, 4) is 11.4 Å². The van der Waals surface area contributed by atoms with Crippen molar-refractivity contribution >= 4 is 17.5 Å². The van der Waals surface area contributed by atoms with E-state index in [4.69, 9.17) is 0 Å². The van der Waals surface area contributed by atoms with Crippen molar-refractivity contribution in [1.29, 1.82) is 0 Å². The number of aromatic nitrogens is 4. The third-order valence-electron chi connectivity index (χ3n) is 4.78. The summed E-state index contributed by atoms with van der Waals surface area (Å²) in [6.07, 6.45) is 1.37. The van der Waals surface area contributed by atoms with Gasteiger partial charge in [0.25, 0.3) is 0 Å². The Morgan fingerprint density at radius 3 is 2.93 bits per heavy atom. The van der Waals surface area contributed by atoms with Crippen LogP contribution in [0, 0.1) is 0 Å². The van der Waals surface area contributed by atoms with Crippen LogP contribution in [0.4, 0.5) is 20.4 Å². The maximum Gasteiger partial charge on any atom is 0.246 e. The highest BCUT2D eigenvalue weighted by Gasteiger charge is 2.36. The molecule has 1 saturated heterocycles. The number of hydrogen-bond acceptors (Lipinski definition) is 7. The quantitative estimate of drug-likeness (QED) is 0.838. The zero-order valence-electron chi connectivity index (χ0n) is 14.7. The smallest absolute Gasteiger partial charge is 0.246 e. The summed E-state index contributed by atoms with van der Waals surface area (Å²) in [6, 6.07) is 0.314. The number of amides is 1. The minimum Gasteiger partial charge on any atom is -0.352 e. The predicted molar refractivity (Wildman–Crippen MR) is 94.7 cm³/mol. The number of hydrogen-bond donors (Lipinski definition) is 2. The van der Waals surface area contributed by atoms with E-state index in [9.17, 15) is 13.6 Å². The largest absolute Gasteiger partial charge is 0.352 e. The predicted octanol–water partition coefficient (Wildman–Crippen LogP) is 1.42. The topological polar surface area (TPSA) is 95.9 Å². The molecular formula is C17H19F2N7O. The van der Waals surface area contributed by atoms with E-state index in [0.29, 0.717) is 17.6 Å². The van der Waals surface area contributed by atoms with E-state index < -0.39 is 18.3 Å². The fourth-order valence-electron chi connectivity index (χ4n) is 3.51. The number of halogens is 2. The average molecular weight is 375 g/mol. The number of nitrogens with one attached hydrogen (secondary N) is 2. The summed E-state index contributed by atoms with van der Waals surface area (Å²) in [4.78, 5) is 30.8. The van der Waals surface area contributed by atoms with Crippen LogP contribution in [0.2, 0.25) is 0 Å². The molecule has 4 rings (SSSR count). The van der Waals surface area contributed by atoms with Crippen LogP contribution < -0.4 is 15.5 Å². The number of alkyl halides is 2. The Morgan fingerprint density at radius 2 is 2.15 bits per heavy atom. The molecule has 0 spiro atoms. The van der Waals surface area contributed by atoms with Crippen molar-refractivity contribution in [2.45, 2.75) is 31.7 Å². The van der Waals surface area contributed by atoms with Gasteiger partial charge in [0.05, 0.1) is 24.0 Å². The zero-order valence-corrected chi connectivity index (χ0v) is 14.7. The lowest BCUT2D eigenvalue weighted by Gasteiger charge is -2.32. The molecule has 0 radical (unpaired) electrons. The number of anilines is 2. The second kappa shape index (κ2) is 7.10. The van der Waals surface area contributed by atoms with Gasteiger partial charge in [0.15, 0.2) is 0 Å². The molecule has 2 N–H and O–H groups in total. The minimum absolute atomic E-state index is 0.115. The molecule has 27 heavy (non-hydrogen) atoms. The molecule has 0 aromatic carbocycles. The van der Waals surface area contributed by atoms with E-state index >= 15 is 0 Å². The van der Waals surface area contributed by atoms with Crippen molar-refractivity contribution in [3.63, 3.8) is 0 Å². The van der Waals surface area contributed by atoms with Crippen LogP contribution >= 0.6 is 0 Å². The molecule has 0 unspecified atom stereocenters. The summed E-state index contributed by atoms with van der Waals surface area (Å²) in [7, 11) is 0. The lowest BCUT2D eigenvalue weighted by molar-refractivity contribution is -0.117. The van der Waals surface area contributed by atoms with Crippen molar-refractivity contribution < 1.29 is 13.6 Å². The zero-order chi connectivity index (χ0) is 19.0. The van der Waals surface area contributed by atoms with E-state index in [1.807, 2.05) is 0 Å². The van der Waals surface area contributed by atoms with Gasteiger partial charge in [-0.15, -0.1) is 0 Å². The third kappa shape index (κ3) is 3.44. The van der Waals surface area contributed by atoms with E-state index in [2.05, 4.69) is 42.4 Å². The van der Waals surface area contributed by atoms with E-state index in [1.165, 1.54) is 12.5 Å². The van der Waals surface area contributed by atoms with Crippen LogP contribution in [-0.2, 0) is 4.79 Å². The Kier molecular flexibility index (Phi) is 4.65. The Labute approximate surface area is 154 Å². The first-order valence-corrected chi connectivity index (χ1v) is 8.76. The van der Waals surface area contributed by atoms with Crippen LogP contribution in [0.3, 0.4) is 0 Å². The highest BCUT2D eigenvalue weighted by molar-refractivity contribution is 5.95. The van der Waals surface area contributed by atoms with E-state index in [1.54, 1.807) is 6.20 Å². The van der Waals surface area contributed by atoms with Crippen LogP contribution in [-0.4, -0.2) is 57.9 Å². The average Bonchev–Trinajstić information content (AvgIpc) is 2.66. The number of nitrogens with zero attached hydrogens (tertiary/aromatic N) is 5. The first-order valence-electron chi connectivity index (χ1n) is 8.76. The summed E-state index contributed by atoms with van der Waals surface area (Å²) < 4.78 is 27.2. The highest BCUT2D eigenvalue weighted by atomic mass is 19.3. The van der Waals surface area contributed by atoms with E-state index in [-0.39, 0.29) is 23.5 Å². The van der Waals surface area contributed by atoms with E-state index in [0.717, 1.165) is 19.6 Å².